The van der Waals surface area contributed by atoms with Gasteiger partial charge in [-0.1, -0.05) is 70.0 Å². The number of nitrogen functional groups attached to an aromatic ring is 1. The molecule has 0 atom stereocenters. The van der Waals surface area contributed by atoms with E-state index in [1.165, 1.54) is 0 Å². The Bertz CT molecular complexity index is 1490. The molecule has 30 heavy (non-hydrogen) atoms. The van der Waals surface area contributed by atoms with Crippen LogP contribution in [0, 0.1) is 0 Å². The summed E-state index contributed by atoms with van der Waals surface area (Å²) in [7, 11) is 0. The second-order valence-corrected chi connectivity index (χ2v) is 8.39. The molecule has 0 radical (unpaired) electrons. The highest BCUT2D eigenvalue weighted by Gasteiger charge is 2.19. The zero-order chi connectivity index (χ0) is 20.8. The zero-order valence-electron chi connectivity index (χ0n) is 15.7. The lowest BCUT2D eigenvalue weighted by Crippen LogP contribution is -2.05. The molecule has 0 aliphatic heterocycles. The molecule has 3 nitrogen and oxygen atoms in total. The molecule has 0 aliphatic rings. The normalized spacial score (nSPS) is 11.3. The topological polar surface area (TPSA) is 56.2 Å². The van der Waals surface area contributed by atoms with Crippen LogP contribution < -0.4 is 11.2 Å². The van der Waals surface area contributed by atoms with Crippen molar-refractivity contribution in [3.63, 3.8) is 0 Å². The van der Waals surface area contributed by atoms with E-state index in [1.807, 2.05) is 60.7 Å². The summed E-state index contributed by atoms with van der Waals surface area (Å²) in [6.45, 7) is 0. The fraction of sp³-hybridized carbons (Fsp3) is 0. The first-order chi connectivity index (χ1) is 14.5. The van der Waals surface area contributed by atoms with Crippen molar-refractivity contribution >= 4 is 55.2 Å². The van der Waals surface area contributed by atoms with Crippen molar-refractivity contribution in [1.29, 1.82) is 0 Å². The first-order valence-electron chi connectivity index (χ1n) is 9.33. The highest BCUT2D eigenvalue weighted by Crippen LogP contribution is 2.41. The molecule has 4 aromatic carbocycles. The van der Waals surface area contributed by atoms with E-state index in [-0.39, 0.29) is 5.43 Å². The average Bonchev–Trinajstić information content (AvgIpc) is 2.75. The minimum absolute atomic E-state index is 0.137. The van der Waals surface area contributed by atoms with Gasteiger partial charge in [0.15, 0.2) is 0 Å². The van der Waals surface area contributed by atoms with E-state index < -0.39 is 0 Å². The molecular formula is C25H15BrClNO2. The third-order valence-corrected chi connectivity index (χ3v) is 5.89. The fourth-order valence-corrected chi connectivity index (χ4v) is 4.34. The number of halogens is 2. The maximum Gasteiger partial charge on any atom is 0.200 e. The van der Waals surface area contributed by atoms with E-state index in [0.717, 1.165) is 21.2 Å². The lowest BCUT2D eigenvalue weighted by molar-refractivity contribution is 0.661. The highest BCUT2D eigenvalue weighted by atomic mass is 79.9. The maximum absolute atomic E-state index is 13.4. The number of benzene rings is 4. The predicted octanol–water partition coefficient (Wildman–Crippen LogP) is 7.28. The van der Waals surface area contributed by atoms with Gasteiger partial charge in [-0.3, -0.25) is 4.79 Å². The van der Waals surface area contributed by atoms with Crippen LogP contribution in [0.2, 0.25) is 5.02 Å². The smallest absolute Gasteiger partial charge is 0.200 e. The lowest BCUT2D eigenvalue weighted by atomic mass is 9.93. The van der Waals surface area contributed by atoms with E-state index in [1.54, 1.807) is 18.2 Å². The highest BCUT2D eigenvalue weighted by molar-refractivity contribution is 9.10. The van der Waals surface area contributed by atoms with Crippen LogP contribution in [0.15, 0.2) is 92.5 Å². The van der Waals surface area contributed by atoms with E-state index in [9.17, 15) is 4.79 Å². The van der Waals surface area contributed by atoms with Crippen molar-refractivity contribution in [3.8, 4) is 22.3 Å². The molecule has 5 aromatic rings. The third kappa shape index (κ3) is 3.09. The van der Waals surface area contributed by atoms with Crippen LogP contribution in [0.3, 0.4) is 0 Å². The molecule has 0 unspecified atom stereocenters. The van der Waals surface area contributed by atoms with Gasteiger partial charge in [0.25, 0.3) is 0 Å². The first kappa shape index (κ1) is 18.9. The molecule has 1 aromatic heterocycles. The van der Waals surface area contributed by atoms with Crippen LogP contribution in [0.25, 0.3) is 44.2 Å². The van der Waals surface area contributed by atoms with E-state index in [2.05, 4.69) is 15.9 Å². The molecule has 0 saturated carbocycles. The molecule has 146 valence electrons. The van der Waals surface area contributed by atoms with Gasteiger partial charge in [0.2, 0.25) is 5.43 Å². The summed E-state index contributed by atoms with van der Waals surface area (Å²) in [4.78, 5) is 13.4. The summed E-state index contributed by atoms with van der Waals surface area (Å²) < 4.78 is 7.14. The Kier molecular flexibility index (Phi) is 4.61. The van der Waals surface area contributed by atoms with Gasteiger partial charge in [0, 0.05) is 20.6 Å². The predicted molar refractivity (Wildman–Crippen MR) is 128 cm³/mol. The standard InChI is InChI=1S/C25H15BrClNO2/c26-16-8-4-7-15(11-16)18-13-20-24(29)19-12-17(27)9-10-21(19)30-25(20)22(23(18)28)14-5-2-1-3-6-14/h1-13H,28H2. The molecule has 0 amide bonds. The van der Waals surface area contributed by atoms with Crippen LogP contribution in [0.4, 0.5) is 5.69 Å². The fourth-order valence-electron chi connectivity index (χ4n) is 3.76. The summed E-state index contributed by atoms with van der Waals surface area (Å²) in [5.41, 5.74) is 11.3. The molecule has 5 rings (SSSR count). The number of anilines is 1. The molecule has 1 heterocycles. The van der Waals surface area contributed by atoms with Gasteiger partial charge in [0.1, 0.15) is 11.2 Å². The minimum Gasteiger partial charge on any atom is -0.455 e. The van der Waals surface area contributed by atoms with E-state index in [0.29, 0.717) is 38.2 Å². The Balaban J connectivity index is 1.98. The Morgan fingerprint density at radius 1 is 0.833 bits per heavy atom. The number of rotatable bonds is 2. The average molecular weight is 477 g/mol. The molecular weight excluding hydrogens is 462 g/mol. The van der Waals surface area contributed by atoms with Crippen molar-refractivity contribution in [2.75, 3.05) is 5.73 Å². The Morgan fingerprint density at radius 2 is 1.60 bits per heavy atom. The van der Waals surface area contributed by atoms with Gasteiger partial charge >= 0.3 is 0 Å². The SMILES string of the molecule is Nc1c(-c2cccc(Br)c2)cc2c(=O)c3cc(Cl)ccc3oc2c1-c1ccccc1. The summed E-state index contributed by atoms with van der Waals surface area (Å²) in [6.07, 6.45) is 0. The van der Waals surface area contributed by atoms with Gasteiger partial charge in [0.05, 0.1) is 16.5 Å². The van der Waals surface area contributed by atoms with Gasteiger partial charge in [-0.05, 0) is 47.5 Å². The van der Waals surface area contributed by atoms with Crippen molar-refractivity contribution in [2.24, 2.45) is 0 Å². The molecule has 5 heteroatoms. The number of nitrogens with two attached hydrogens (primary N) is 1. The molecule has 2 N–H and O–H groups in total. The van der Waals surface area contributed by atoms with E-state index >= 15 is 0 Å². The van der Waals surface area contributed by atoms with Gasteiger partial charge in [-0.15, -0.1) is 0 Å². The van der Waals surface area contributed by atoms with Crippen molar-refractivity contribution < 1.29 is 4.42 Å². The maximum atomic E-state index is 13.4. The van der Waals surface area contributed by atoms with Crippen molar-refractivity contribution in [2.45, 2.75) is 0 Å². The van der Waals surface area contributed by atoms with Crippen LogP contribution in [0.5, 0.6) is 0 Å². The zero-order valence-corrected chi connectivity index (χ0v) is 18.0. The molecule has 0 spiro atoms. The number of hydrogen-bond donors (Lipinski definition) is 1. The number of fused-ring (bicyclic) bond motifs is 2. The van der Waals surface area contributed by atoms with Crippen LogP contribution in [0.1, 0.15) is 0 Å². The second-order valence-electron chi connectivity index (χ2n) is 7.04. The minimum atomic E-state index is -0.137. The van der Waals surface area contributed by atoms with Crippen molar-refractivity contribution in [3.05, 3.63) is 98.6 Å². The molecule has 0 aliphatic carbocycles. The lowest BCUT2D eigenvalue weighted by Gasteiger charge is -2.15. The third-order valence-electron chi connectivity index (χ3n) is 5.16. The van der Waals surface area contributed by atoms with Crippen molar-refractivity contribution in [1.82, 2.24) is 0 Å². The quantitative estimate of drug-likeness (QED) is 0.215. The van der Waals surface area contributed by atoms with Gasteiger partial charge < -0.3 is 10.2 Å². The van der Waals surface area contributed by atoms with E-state index in [4.69, 9.17) is 21.8 Å². The first-order valence-corrected chi connectivity index (χ1v) is 10.5. The summed E-state index contributed by atoms with van der Waals surface area (Å²) in [6, 6.07) is 24.4. The Hall–Kier alpha value is -3.08. The summed E-state index contributed by atoms with van der Waals surface area (Å²) in [5, 5.41) is 1.40. The Labute approximate surface area is 185 Å². The van der Waals surface area contributed by atoms with Crippen LogP contribution >= 0.6 is 27.5 Å². The molecule has 0 fully saturated rings. The van der Waals surface area contributed by atoms with Gasteiger partial charge in [-0.2, -0.15) is 0 Å². The summed E-state index contributed by atoms with van der Waals surface area (Å²) in [5.74, 6) is 0. The second kappa shape index (κ2) is 7.31. The van der Waals surface area contributed by atoms with Crippen LogP contribution in [-0.4, -0.2) is 0 Å². The largest absolute Gasteiger partial charge is 0.455 e. The van der Waals surface area contributed by atoms with Crippen LogP contribution in [-0.2, 0) is 0 Å². The molecule has 0 bridgehead atoms. The van der Waals surface area contributed by atoms with Gasteiger partial charge in [-0.25, -0.2) is 0 Å². The Morgan fingerprint density at radius 3 is 2.37 bits per heavy atom. The number of hydrogen-bond acceptors (Lipinski definition) is 3. The summed E-state index contributed by atoms with van der Waals surface area (Å²) >= 11 is 9.65. The molecule has 0 saturated heterocycles. The monoisotopic (exact) mass is 475 g/mol.